The van der Waals surface area contributed by atoms with Gasteiger partial charge in [0.1, 0.15) is 0 Å². The monoisotopic (exact) mass is 240 g/mol. The topological polar surface area (TPSA) is 38.5 Å². The molecule has 2 atom stereocenters. The number of nitrogens with two attached hydrogens (primary N) is 1. The molecule has 0 aromatic rings. The zero-order chi connectivity index (χ0) is 12.3. The first-order valence-corrected chi connectivity index (χ1v) is 7.12. The number of hydrogen-bond acceptors (Lipinski definition) is 3. The highest BCUT2D eigenvalue weighted by Gasteiger charge is 2.38. The summed E-state index contributed by atoms with van der Waals surface area (Å²) >= 11 is 0. The zero-order valence-electron chi connectivity index (χ0n) is 11.5. The molecule has 1 saturated carbocycles. The Kier molecular flexibility index (Phi) is 4.45. The molecule has 2 aliphatic rings. The van der Waals surface area contributed by atoms with E-state index < -0.39 is 0 Å². The summed E-state index contributed by atoms with van der Waals surface area (Å²) in [5, 5.41) is 0. The average molecular weight is 240 g/mol. The minimum atomic E-state index is 0.230. The molecule has 2 unspecified atom stereocenters. The molecule has 0 amide bonds. The molecule has 2 fully saturated rings. The van der Waals surface area contributed by atoms with Crippen LogP contribution in [0.5, 0.6) is 0 Å². The number of nitrogens with zero attached hydrogens (tertiary/aromatic N) is 1. The van der Waals surface area contributed by atoms with Gasteiger partial charge in [0.15, 0.2) is 0 Å². The highest BCUT2D eigenvalue weighted by molar-refractivity contribution is 4.94. The minimum Gasteiger partial charge on any atom is -0.384 e. The smallest absolute Gasteiger partial charge is 0.0503 e. The van der Waals surface area contributed by atoms with Gasteiger partial charge in [-0.25, -0.2) is 0 Å². The first kappa shape index (κ1) is 13.3. The lowest BCUT2D eigenvalue weighted by molar-refractivity contribution is 0.0789. The Hall–Kier alpha value is -0.120. The molecule has 1 aliphatic carbocycles. The van der Waals surface area contributed by atoms with Crippen LogP contribution in [0.15, 0.2) is 0 Å². The van der Waals surface area contributed by atoms with Crippen LogP contribution in [0.3, 0.4) is 0 Å². The van der Waals surface area contributed by atoms with Crippen LogP contribution in [0.2, 0.25) is 0 Å². The molecule has 1 heterocycles. The van der Waals surface area contributed by atoms with Crippen molar-refractivity contribution in [2.45, 2.75) is 44.6 Å². The van der Waals surface area contributed by atoms with E-state index in [-0.39, 0.29) is 5.54 Å². The third-order valence-corrected chi connectivity index (χ3v) is 4.84. The predicted molar refractivity (Wildman–Crippen MR) is 71.0 cm³/mol. The van der Waals surface area contributed by atoms with Gasteiger partial charge >= 0.3 is 0 Å². The molecule has 100 valence electrons. The fourth-order valence-electron chi connectivity index (χ4n) is 3.36. The Morgan fingerprint density at radius 3 is 2.59 bits per heavy atom. The summed E-state index contributed by atoms with van der Waals surface area (Å²) in [6.45, 7) is 6.44. The van der Waals surface area contributed by atoms with Gasteiger partial charge in [0.2, 0.25) is 0 Å². The van der Waals surface area contributed by atoms with Gasteiger partial charge in [-0.3, -0.25) is 4.90 Å². The second-order valence-electron chi connectivity index (χ2n) is 6.26. The molecule has 0 aromatic carbocycles. The Bertz CT molecular complexity index is 242. The lowest BCUT2D eigenvalue weighted by atomic mass is 9.76. The molecule has 1 aliphatic heterocycles. The van der Waals surface area contributed by atoms with Crippen LogP contribution in [-0.4, -0.2) is 43.8 Å². The number of ether oxygens (including phenoxy) is 1. The zero-order valence-corrected chi connectivity index (χ0v) is 11.5. The van der Waals surface area contributed by atoms with Gasteiger partial charge in [-0.2, -0.15) is 0 Å². The summed E-state index contributed by atoms with van der Waals surface area (Å²) in [4.78, 5) is 2.62. The standard InChI is InChI=1S/C14H28N2O/c1-14(11-15,8-12-4-3-5-12)16-7-6-13(9-16)10-17-2/h12-13H,3-11,15H2,1-2H3. The van der Waals surface area contributed by atoms with Crippen LogP contribution in [0.4, 0.5) is 0 Å². The second kappa shape index (κ2) is 5.68. The summed E-state index contributed by atoms with van der Waals surface area (Å²) < 4.78 is 5.28. The summed E-state index contributed by atoms with van der Waals surface area (Å²) in [6, 6.07) is 0. The van der Waals surface area contributed by atoms with E-state index in [0.717, 1.165) is 19.1 Å². The van der Waals surface area contributed by atoms with Crippen molar-refractivity contribution in [3.8, 4) is 0 Å². The summed E-state index contributed by atoms with van der Waals surface area (Å²) in [5.74, 6) is 1.65. The van der Waals surface area contributed by atoms with E-state index in [1.54, 1.807) is 7.11 Å². The highest BCUT2D eigenvalue weighted by atomic mass is 16.5. The molecular weight excluding hydrogens is 212 g/mol. The Labute approximate surface area is 106 Å². The van der Waals surface area contributed by atoms with Crippen molar-refractivity contribution in [3.05, 3.63) is 0 Å². The van der Waals surface area contributed by atoms with E-state index in [0.29, 0.717) is 5.92 Å². The number of rotatable bonds is 6. The molecule has 2 rings (SSSR count). The van der Waals surface area contributed by atoms with Gasteiger partial charge in [-0.05, 0) is 38.1 Å². The van der Waals surface area contributed by atoms with Crippen molar-refractivity contribution in [1.29, 1.82) is 0 Å². The van der Waals surface area contributed by atoms with Gasteiger partial charge in [0.25, 0.3) is 0 Å². The number of hydrogen-bond donors (Lipinski definition) is 1. The molecule has 1 saturated heterocycles. The third-order valence-electron chi connectivity index (χ3n) is 4.84. The fraction of sp³-hybridized carbons (Fsp3) is 1.00. The van der Waals surface area contributed by atoms with Gasteiger partial charge in [0, 0.05) is 25.7 Å². The van der Waals surface area contributed by atoms with Gasteiger partial charge in [0.05, 0.1) is 6.61 Å². The molecule has 0 radical (unpaired) electrons. The van der Waals surface area contributed by atoms with Crippen molar-refractivity contribution in [3.63, 3.8) is 0 Å². The Balaban J connectivity index is 1.88. The lowest BCUT2D eigenvalue weighted by Gasteiger charge is -2.43. The molecule has 0 aromatic heterocycles. The van der Waals surface area contributed by atoms with Crippen LogP contribution in [0.25, 0.3) is 0 Å². The molecular formula is C14H28N2O. The van der Waals surface area contributed by atoms with E-state index in [9.17, 15) is 0 Å². The van der Waals surface area contributed by atoms with E-state index in [1.165, 1.54) is 45.2 Å². The normalized spacial score (nSPS) is 30.2. The summed E-state index contributed by atoms with van der Waals surface area (Å²) in [7, 11) is 1.80. The van der Waals surface area contributed by atoms with Crippen LogP contribution in [-0.2, 0) is 4.74 Å². The van der Waals surface area contributed by atoms with Crippen LogP contribution in [0, 0.1) is 11.8 Å². The van der Waals surface area contributed by atoms with E-state index in [2.05, 4.69) is 11.8 Å². The SMILES string of the molecule is COCC1CCN(C(C)(CN)CC2CCC2)C1. The lowest BCUT2D eigenvalue weighted by Crippen LogP contribution is -2.52. The number of methoxy groups -OCH3 is 1. The van der Waals surface area contributed by atoms with Gasteiger partial charge in [-0.1, -0.05) is 19.3 Å². The molecule has 3 heteroatoms. The van der Waals surface area contributed by atoms with Crippen molar-refractivity contribution in [2.75, 3.05) is 33.4 Å². The maximum atomic E-state index is 6.06. The Morgan fingerprint density at radius 2 is 2.06 bits per heavy atom. The van der Waals surface area contributed by atoms with E-state index >= 15 is 0 Å². The highest BCUT2D eigenvalue weighted by Crippen LogP contribution is 2.37. The largest absolute Gasteiger partial charge is 0.384 e. The maximum absolute atomic E-state index is 6.06. The molecule has 0 spiro atoms. The quantitative estimate of drug-likeness (QED) is 0.770. The average Bonchev–Trinajstić information content (AvgIpc) is 2.73. The first-order valence-electron chi connectivity index (χ1n) is 7.12. The second-order valence-corrected chi connectivity index (χ2v) is 6.26. The van der Waals surface area contributed by atoms with E-state index in [1.807, 2.05) is 0 Å². The van der Waals surface area contributed by atoms with Crippen molar-refractivity contribution in [2.24, 2.45) is 17.6 Å². The fourth-order valence-corrected chi connectivity index (χ4v) is 3.36. The summed E-state index contributed by atoms with van der Waals surface area (Å²) in [6.07, 6.45) is 6.84. The van der Waals surface area contributed by atoms with Crippen LogP contribution >= 0.6 is 0 Å². The third kappa shape index (κ3) is 3.01. The minimum absolute atomic E-state index is 0.230. The molecule has 3 nitrogen and oxygen atoms in total. The molecule has 17 heavy (non-hydrogen) atoms. The first-order chi connectivity index (χ1) is 8.18. The van der Waals surface area contributed by atoms with Gasteiger partial charge in [-0.15, -0.1) is 0 Å². The van der Waals surface area contributed by atoms with Crippen LogP contribution in [0.1, 0.15) is 39.0 Å². The number of likely N-dealkylation sites (tertiary alicyclic amines) is 1. The Morgan fingerprint density at radius 1 is 1.29 bits per heavy atom. The van der Waals surface area contributed by atoms with Crippen molar-refractivity contribution >= 4 is 0 Å². The van der Waals surface area contributed by atoms with Crippen LogP contribution < -0.4 is 5.73 Å². The summed E-state index contributed by atoms with van der Waals surface area (Å²) in [5.41, 5.74) is 6.29. The van der Waals surface area contributed by atoms with Crippen molar-refractivity contribution < 1.29 is 4.74 Å². The van der Waals surface area contributed by atoms with E-state index in [4.69, 9.17) is 10.5 Å². The molecule has 0 bridgehead atoms. The predicted octanol–water partition coefficient (Wildman–Crippen LogP) is 1.86. The molecule has 2 N–H and O–H groups in total. The van der Waals surface area contributed by atoms with Gasteiger partial charge < -0.3 is 10.5 Å². The van der Waals surface area contributed by atoms with Crippen molar-refractivity contribution in [1.82, 2.24) is 4.90 Å². The maximum Gasteiger partial charge on any atom is 0.0503 e.